The second-order valence-electron chi connectivity index (χ2n) is 6.72. The zero-order chi connectivity index (χ0) is 18.9. The van der Waals surface area contributed by atoms with E-state index < -0.39 is 16.1 Å². The molecule has 142 valence electrons. The lowest BCUT2D eigenvalue weighted by molar-refractivity contribution is 0.186. The molecule has 1 aromatic carbocycles. The van der Waals surface area contributed by atoms with E-state index in [9.17, 15) is 13.5 Å². The molecule has 1 aliphatic carbocycles. The molecule has 1 aliphatic rings. The molecule has 0 amide bonds. The van der Waals surface area contributed by atoms with E-state index >= 15 is 0 Å². The number of sulfonamides is 1. The van der Waals surface area contributed by atoms with Gasteiger partial charge in [0.2, 0.25) is 10.0 Å². The molecule has 0 saturated heterocycles. The highest BCUT2D eigenvalue weighted by molar-refractivity contribution is 7.89. The summed E-state index contributed by atoms with van der Waals surface area (Å²) in [6.45, 7) is -0.0387. The molecule has 4 nitrogen and oxygen atoms in total. The van der Waals surface area contributed by atoms with Gasteiger partial charge in [0.05, 0.1) is 4.90 Å². The fraction of sp³-hybridized carbons (Fsp3) is 0.300. The first kappa shape index (κ1) is 18.8. The summed E-state index contributed by atoms with van der Waals surface area (Å²) in [5.74, 6) is 0. The van der Waals surface area contributed by atoms with Crippen molar-refractivity contribution in [3.63, 3.8) is 0 Å². The van der Waals surface area contributed by atoms with Crippen molar-refractivity contribution < 1.29 is 13.5 Å². The maximum atomic E-state index is 12.6. The molecule has 4 rings (SSSR count). The predicted molar refractivity (Wildman–Crippen MR) is 111 cm³/mol. The smallest absolute Gasteiger partial charge is 0.240 e. The highest BCUT2D eigenvalue weighted by atomic mass is 32.2. The molecule has 1 atom stereocenters. The number of rotatable bonds is 6. The van der Waals surface area contributed by atoms with Crippen LogP contribution in [0.15, 0.2) is 52.1 Å². The number of hydrogen-bond acceptors (Lipinski definition) is 5. The summed E-state index contributed by atoms with van der Waals surface area (Å²) in [5.41, 5.74) is 3.50. The zero-order valence-electron chi connectivity index (χ0n) is 14.7. The molecule has 27 heavy (non-hydrogen) atoms. The van der Waals surface area contributed by atoms with Crippen molar-refractivity contribution >= 4 is 32.7 Å². The van der Waals surface area contributed by atoms with Gasteiger partial charge in [-0.3, -0.25) is 0 Å². The lowest BCUT2D eigenvalue weighted by Crippen LogP contribution is -2.28. The Hall–Kier alpha value is -1.51. The Morgan fingerprint density at radius 1 is 1.07 bits per heavy atom. The van der Waals surface area contributed by atoms with E-state index in [0.717, 1.165) is 46.6 Å². The Balaban J connectivity index is 1.44. The van der Waals surface area contributed by atoms with Gasteiger partial charge in [-0.05, 0) is 77.9 Å². The van der Waals surface area contributed by atoms with Gasteiger partial charge >= 0.3 is 0 Å². The average molecular weight is 420 g/mol. The fourth-order valence-electron chi connectivity index (χ4n) is 3.34. The highest BCUT2D eigenvalue weighted by Crippen LogP contribution is 2.32. The van der Waals surface area contributed by atoms with E-state index in [0.29, 0.717) is 0 Å². The minimum Gasteiger partial charge on any atom is -0.386 e. The lowest BCUT2D eigenvalue weighted by Gasteiger charge is -2.17. The van der Waals surface area contributed by atoms with Crippen molar-refractivity contribution in [2.24, 2.45) is 0 Å². The number of hydrogen-bond donors (Lipinski definition) is 2. The van der Waals surface area contributed by atoms with Gasteiger partial charge in [-0.15, -0.1) is 11.3 Å². The van der Waals surface area contributed by atoms with Gasteiger partial charge in [0, 0.05) is 21.9 Å². The molecule has 2 aromatic heterocycles. The number of aliphatic hydroxyl groups excluding tert-OH is 1. The van der Waals surface area contributed by atoms with Crippen molar-refractivity contribution in [3.8, 4) is 10.4 Å². The summed E-state index contributed by atoms with van der Waals surface area (Å²) in [4.78, 5) is 2.10. The molecule has 0 bridgehead atoms. The van der Waals surface area contributed by atoms with Crippen LogP contribution in [0.3, 0.4) is 0 Å². The third-order valence-electron chi connectivity index (χ3n) is 4.86. The average Bonchev–Trinajstić information content (AvgIpc) is 3.37. The van der Waals surface area contributed by atoms with Crippen LogP contribution in [0, 0.1) is 0 Å². The minimum absolute atomic E-state index is 0.0387. The first-order chi connectivity index (χ1) is 13.0. The molecular weight excluding hydrogens is 398 g/mol. The first-order valence-electron chi connectivity index (χ1n) is 8.95. The maximum Gasteiger partial charge on any atom is 0.240 e. The van der Waals surface area contributed by atoms with E-state index in [1.807, 2.05) is 29.6 Å². The topological polar surface area (TPSA) is 66.4 Å². The summed E-state index contributed by atoms with van der Waals surface area (Å²) in [6, 6.07) is 11.2. The molecule has 3 aromatic rings. The van der Waals surface area contributed by atoms with Crippen molar-refractivity contribution in [1.29, 1.82) is 0 Å². The highest BCUT2D eigenvalue weighted by Gasteiger charge is 2.20. The van der Waals surface area contributed by atoms with Crippen LogP contribution in [-0.2, 0) is 22.9 Å². The van der Waals surface area contributed by atoms with Gasteiger partial charge in [0.1, 0.15) is 6.10 Å². The van der Waals surface area contributed by atoms with E-state index in [4.69, 9.17) is 0 Å². The van der Waals surface area contributed by atoms with Crippen LogP contribution in [0.4, 0.5) is 0 Å². The molecule has 1 unspecified atom stereocenters. The molecule has 0 radical (unpaired) electrons. The molecule has 0 aliphatic heterocycles. The summed E-state index contributed by atoms with van der Waals surface area (Å²) in [5, 5.41) is 14.5. The predicted octanol–water partition coefficient (Wildman–Crippen LogP) is 4.37. The van der Waals surface area contributed by atoms with Crippen LogP contribution < -0.4 is 4.72 Å². The van der Waals surface area contributed by atoms with Crippen LogP contribution in [0.5, 0.6) is 0 Å². The number of nitrogens with one attached hydrogen (secondary N) is 1. The quantitative estimate of drug-likeness (QED) is 0.624. The standard InChI is InChI=1S/C20H21NO3S3/c22-18(20-8-7-19(26-20)16-9-10-25-13-16)12-21-27(23,24)17-6-5-14-3-1-2-4-15(14)11-17/h5-11,13,18,21-22H,1-4,12H2. The van der Waals surface area contributed by atoms with E-state index in [2.05, 4.69) is 10.1 Å². The third kappa shape index (κ3) is 4.17. The van der Waals surface area contributed by atoms with Crippen LogP contribution in [0.1, 0.15) is 34.9 Å². The normalized spacial score (nSPS) is 15.4. The molecule has 0 fully saturated rings. The van der Waals surface area contributed by atoms with Crippen molar-refractivity contribution in [2.75, 3.05) is 6.54 Å². The summed E-state index contributed by atoms with van der Waals surface area (Å²) >= 11 is 3.11. The Morgan fingerprint density at radius 3 is 2.67 bits per heavy atom. The lowest BCUT2D eigenvalue weighted by atomic mass is 9.92. The van der Waals surface area contributed by atoms with Crippen LogP contribution >= 0.6 is 22.7 Å². The van der Waals surface area contributed by atoms with E-state index in [1.54, 1.807) is 23.5 Å². The van der Waals surface area contributed by atoms with Gasteiger partial charge in [0.25, 0.3) is 0 Å². The van der Waals surface area contributed by atoms with Crippen LogP contribution in [0.2, 0.25) is 0 Å². The van der Waals surface area contributed by atoms with Gasteiger partial charge in [-0.25, -0.2) is 13.1 Å². The second-order valence-corrected chi connectivity index (χ2v) is 10.4. The van der Waals surface area contributed by atoms with Crippen molar-refractivity contribution in [1.82, 2.24) is 4.72 Å². The Morgan fingerprint density at radius 2 is 1.89 bits per heavy atom. The Bertz CT molecular complexity index is 1020. The fourth-order valence-corrected chi connectivity index (χ4v) is 6.15. The molecule has 0 saturated carbocycles. The largest absolute Gasteiger partial charge is 0.386 e. The van der Waals surface area contributed by atoms with Gasteiger partial charge in [-0.2, -0.15) is 11.3 Å². The van der Waals surface area contributed by atoms with E-state index in [-0.39, 0.29) is 11.4 Å². The van der Waals surface area contributed by atoms with Crippen molar-refractivity contribution in [2.45, 2.75) is 36.7 Å². The van der Waals surface area contributed by atoms with E-state index in [1.165, 1.54) is 16.9 Å². The van der Waals surface area contributed by atoms with Crippen molar-refractivity contribution in [3.05, 3.63) is 63.2 Å². The number of thiophene rings is 2. The molecular formula is C20H21NO3S3. The molecule has 2 heterocycles. The number of benzene rings is 1. The summed E-state index contributed by atoms with van der Waals surface area (Å²) in [6.07, 6.45) is 3.36. The maximum absolute atomic E-state index is 12.6. The number of aliphatic hydroxyl groups is 1. The molecule has 2 N–H and O–H groups in total. The van der Waals surface area contributed by atoms with Crippen LogP contribution in [-0.4, -0.2) is 20.1 Å². The summed E-state index contributed by atoms with van der Waals surface area (Å²) < 4.78 is 27.8. The Labute approximate surface area is 167 Å². The zero-order valence-corrected chi connectivity index (χ0v) is 17.2. The molecule has 0 spiro atoms. The number of fused-ring (bicyclic) bond motifs is 1. The van der Waals surface area contributed by atoms with Crippen LogP contribution in [0.25, 0.3) is 10.4 Å². The summed E-state index contributed by atoms with van der Waals surface area (Å²) in [7, 11) is -3.64. The third-order valence-corrected chi connectivity index (χ3v) is 8.20. The Kier molecular flexibility index (Phi) is 5.48. The van der Waals surface area contributed by atoms with Gasteiger partial charge < -0.3 is 5.11 Å². The monoisotopic (exact) mass is 419 g/mol. The van der Waals surface area contributed by atoms with Gasteiger partial charge in [0.15, 0.2) is 0 Å². The van der Waals surface area contributed by atoms with Gasteiger partial charge in [-0.1, -0.05) is 6.07 Å². The first-order valence-corrected chi connectivity index (χ1v) is 12.2. The molecule has 7 heteroatoms. The SMILES string of the molecule is O=S(=O)(NCC(O)c1ccc(-c2ccsc2)s1)c1ccc2c(c1)CCCC2. The number of aryl methyl sites for hydroxylation is 2. The second kappa shape index (κ2) is 7.85. The minimum atomic E-state index is -3.64.